The number of benzene rings is 1. The molecule has 2 heterocycles. The number of urea groups is 1. The number of anilines is 1. The van der Waals surface area contributed by atoms with Gasteiger partial charge in [0.25, 0.3) is 0 Å². The lowest BCUT2D eigenvalue weighted by Gasteiger charge is -2.11. The molecule has 0 aliphatic carbocycles. The molecule has 0 atom stereocenters. The molecule has 0 aliphatic heterocycles. The molecular formula is C20H25N5O2. The normalized spacial score (nSPS) is 11.0. The number of nitrogens with zero attached hydrogens (tertiary/aromatic N) is 3. The minimum atomic E-state index is -0.299. The SMILES string of the molecule is CCn1c(C)cc2cc(NC(=O)NCCn3c(C)cc(C)nc3=O)ccc21. The van der Waals surface area contributed by atoms with Crippen molar-refractivity contribution < 1.29 is 4.79 Å². The number of aromatic nitrogens is 3. The van der Waals surface area contributed by atoms with E-state index in [2.05, 4.69) is 40.1 Å². The number of carbonyl (C=O) groups is 1. The van der Waals surface area contributed by atoms with Crippen LogP contribution in [0.1, 0.15) is 24.0 Å². The Balaban J connectivity index is 1.61. The average Bonchev–Trinajstić information content (AvgIpc) is 2.91. The van der Waals surface area contributed by atoms with Crippen LogP contribution >= 0.6 is 0 Å². The summed E-state index contributed by atoms with van der Waals surface area (Å²) >= 11 is 0. The third kappa shape index (κ3) is 4.02. The maximum Gasteiger partial charge on any atom is 0.348 e. The number of rotatable bonds is 5. The van der Waals surface area contributed by atoms with Crippen molar-refractivity contribution in [2.45, 2.75) is 40.8 Å². The molecule has 2 amide bonds. The number of hydrogen-bond donors (Lipinski definition) is 2. The van der Waals surface area contributed by atoms with E-state index in [-0.39, 0.29) is 11.7 Å². The second kappa shape index (κ2) is 7.65. The van der Waals surface area contributed by atoms with Crippen LogP contribution in [-0.2, 0) is 13.1 Å². The van der Waals surface area contributed by atoms with Gasteiger partial charge < -0.3 is 15.2 Å². The van der Waals surface area contributed by atoms with E-state index in [4.69, 9.17) is 0 Å². The molecular weight excluding hydrogens is 342 g/mol. The van der Waals surface area contributed by atoms with Gasteiger partial charge in [-0.15, -0.1) is 0 Å². The Kier molecular flexibility index (Phi) is 5.30. The standard InChI is InChI=1S/C20H25N5O2/c1-5-24-15(4)11-16-12-17(6-7-18(16)24)23-19(26)21-8-9-25-14(3)10-13(2)22-20(25)27/h6-7,10-12H,5,8-9H2,1-4H3,(H2,21,23,26). The first kappa shape index (κ1) is 18.7. The Morgan fingerprint density at radius 1 is 1.07 bits per heavy atom. The first-order valence-corrected chi connectivity index (χ1v) is 9.09. The predicted octanol–water partition coefficient (Wildman–Crippen LogP) is 2.96. The third-order valence-corrected chi connectivity index (χ3v) is 4.65. The Labute approximate surface area is 158 Å². The topological polar surface area (TPSA) is 81.0 Å². The van der Waals surface area contributed by atoms with E-state index < -0.39 is 0 Å². The van der Waals surface area contributed by atoms with Gasteiger partial charge in [-0.2, -0.15) is 4.98 Å². The fourth-order valence-electron chi connectivity index (χ4n) is 3.41. The zero-order valence-corrected chi connectivity index (χ0v) is 16.2. The number of aryl methyl sites for hydroxylation is 4. The van der Waals surface area contributed by atoms with Crippen molar-refractivity contribution in [3.05, 3.63) is 57.9 Å². The van der Waals surface area contributed by atoms with Crippen molar-refractivity contribution in [3.8, 4) is 0 Å². The Hall–Kier alpha value is -3.09. The van der Waals surface area contributed by atoms with Gasteiger partial charge in [0.05, 0.1) is 0 Å². The van der Waals surface area contributed by atoms with Crippen LogP contribution in [0.4, 0.5) is 10.5 Å². The average molecular weight is 367 g/mol. The summed E-state index contributed by atoms with van der Waals surface area (Å²) in [6.07, 6.45) is 0. The van der Waals surface area contributed by atoms with Gasteiger partial charge in [0.1, 0.15) is 0 Å². The molecule has 0 saturated carbocycles. The fourth-order valence-corrected chi connectivity index (χ4v) is 3.41. The van der Waals surface area contributed by atoms with Gasteiger partial charge in [-0.1, -0.05) is 0 Å². The highest BCUT2D eigenvalue weighted by Gasteiger charge is 2.08. The Bertz CT molecular complexity index is 1050. The predicted molar refractivity (Wildman–Crippen MR) is 107 cm³/mol. The van der Waals surface area contributed by atoms with Gasteiger partial charge in [0, 0.05) is 53.3 Å². The van der Waals surface area contributed by atoms with Gasteiger partial charge in [0.15, 0.2) is 0 Å². The van der Waals surface area contributed by atoms with Crippen molar-refractivity contribution in [1.29, 1.82) is 0 Å². The molecule has 0 unspecified atom stereocenters. The lowest BCUT2D eigenvalue weighted by atomic mass is 10.2. The van der Waals surface area contributed by atoms with Crippen molar-refractivity contribution in [2.24, 2.45) is 0 Å². The number of hydrogen-bond acceptors (Lipinski definition) is 3. The smallest absolute Gasteiger partial charge is 0.345 e. The lowest BCUT2D eigenvalue weighted by molar-refractivity contribution is 0.251. The zero-order valence-electron chi connectivity index (χ0n) is 16.2. The highest BCUT2D eigenvalue weighted by atomic mass is 16.2. The van der Waals surface area contributed by atoms with Gasteiger partial charge in [0.2, 0.25) is 0 Å². The molecule has 142 valence electrons. The van der Waals surface area contributed by atoms with Crippen LogP contribution in [0.15, 0.2) is 35.1 Å². The minimum Gasteiger partial charge on any atom is -0.345 e. The summed E-state index contributed by atoms with van der Waals surface area (Å²) < 4.78 is 3.78. The number of nitrogens with one attached hydrogen (secondary N) is 2. The van der Waals surface area contributed by atoms with Crippen molar-refractivity contribution in [2.75, 3.05) is 11.9 Å². The van der Waals surface area contributed by atoms with E-state index in [1.165, 1.54) is 5.69 Å². The van der Waals surface area contributed by atoms with Crippen LogP contribution in [0.25, 0.3) is 10.9 Å². The summed E-state index contributed by atoms with van der Waals surface area (Å²) in [5.41, 5.74) is 4.32. The highest BCUT2D eigenvalue weighted by Crippen LogP contribution is 2.23. The van der Waals surface area contributed by atoms with Crippen LogP contribution in [0.3, 0.4) is 0 Å². The maximum atomic E-state index is 12.2. The first-order chi connectivity index (χ1) is 12.9. The minimum absolute atomic E-state index is 0.295. The molecule has 0 bridgehead atoms. The maximum absolute atomic E-state index is 12.2. The third-order valence-electron chi connectivity index (χ3n) is 4.65. The van der Waals surface area contributed by atoms with Gasteiger partial charge >= 0.3 is 11.7 Å². The van der Waals surface area contributed by atoms with E-state index in [1.807, 2.05) is 31.2 Å². The molecule has 2 aromatic heterocycles. The Morgan fingerprint density at radius 3 is 2.52 bits per heavy atom. The lowest BCUT2D eigenvalue weighted by Crippen LogP contribution is -2.35. The van der Waals surface area contributed by atoms with Gasteiger partial charge in [-0.05, 0) is 58.0 Å². The van der Waals surface area contributed by atoms with Crippen molar-refractivity contribution >= 4 is 22.6 Å². The van der Waals surface area contributed by atoms with Gasteiger partial charge in [-0.3, -0.25) is 4.57 Å². The largest absolute Gasteiger partial charge is 0.348 e. The first-order valence-electron chi connectivity index (χ1n) is 9.09. The second-order valence-electron chi connectivity index (χ2n) is 6.66. The summed E-state index contributed by atoms with van der Waals surface area (Å²) in [6.45, 7) is 9.46. The van der Waals surface area contributed by atoms with Crippen LogP contribution in [-0.4, -0.2) is 26.7 Å². The fraction of sp³-hybridized carbons (Fsp3) is 0.350. The van der Waals surface area contributed by atoms with Crippen LogP contribution < -0.4 is 16.3 Å². The molecule has 0 aliphatic rings. The number of amides is 2. The number of carbonyl (C=O) groups excluding carboxylic acids is 1. The van der Waals surface area contributed by atoms with Gasteiger partial charge in [-0.25, -0.2) is 9.59 Å². The molecule has 27 heavy (non-hydrogen) atoms. The molecule has 0 saturated heterocycles. The molecule has 0 spiro atoms. The zero-order chi connectivity index (χ0) is 19.6. The number of fused-ring (bicyclic) bond motifs is 1. The second-order valence-corrected chi connectivity index (χ2v) is 6.66. The van der Waals surface area contributed by atoms with Crippen LogP contribution in [0.5, 0.6) is 0 Å². The summed E-state index contributed by atoms with van der Waals surface area (Å²) in [6, 6.07) is 9.54. The molecule has 1 aromatic carbocycles. The Morgan fingerprint density at radius 2 is 1.81 bits per heavy atom. The molecule has 0 fully saturated rings. The molecule has 3 aromatic rings. The van der Waals surface area contributed by atoms with Crippen LogP contribution in [0.2, 0.25) is 0 Å². The molecule has 7 heteroatoms. The quantitative estimate of drug-likeness (QED) is 0.727. The monoisotopic (exact) mass is 367 g/mol. The molecule has 7 nitrogen and oxygen atoms in total. The van der Waals surface area contributed by atoms with Crippen molar-refractivity contribution in [3.63, 3.8) is 0 Å². The van der Waals surface area contributed by atoms with E-state index >= 15 is 0 Å². The van der Waals surface area contributed by atoms with E-state index in [9.17, 15) is 9.59 Å². The van der Waals surface area contributed by atoms with E-state index in [1.54, 1.807) is 11.5 Å². The molecule has 0 radical (unpaired) electrons. The molecule has 3 rings (SSSR count). The molecule has 2 N–H and O–H groups in total. The van der Waals surface area contributed by atoms with Crippen molar-refractivity contribution in [1.82, 2.24) is 19.4 Å². The highest BCUT2D eigenvalue weighted by molar-refractivity contribution is 5.93. The summed E-state index contributed by atoms with van der Waals surface area (Å²) in [4.78, 5) is 28.0. The summed E-state index contributed by atoms with van der Waals surface area (Å²) in [5, 5.41) is 6.72. The van der Waals surface area contributed by atoms with E-state index in [0.29, 0.717) is 18.8 Å². The van der Waals surface area contributed by atoms with E-state index in [0.717, 1.165) is 28.8 Å². The summed E-state index contributed by atoms with van der Waals surface area (Å²) in [5.74, 6) is 0. The summed E-state index contributed by atoms with van der Waals surface area (Å²) in [7, 11) is 0. The van der Waals surface area contributed by atoms with Crippen LogP contribution in [0, 0.1) is 20.8 Å².